The minimum absolute atomic E-state index is 0.0720. The van der Waals surface area contributed by atoms with E-state index in [-0.39, 0.29) is 15.5 Å². The average Bonchev–Trinajstić information content (AvgIpc) is 3.23. The lowest BCUT2D eigenvalue weighted by Crippen LogP contribution is -2.35. The standard InChI is InChI=1S/C24H22ClN5O3S/c25-20-10-9-17(15-21(20)34(32,33)29-13-4-1-5-14-29)23(31)28-22-19-8-3-2-7-18(19)16-30(22)24-26-11-6-12-27-24/h2-3,6-12,15H,1,4-5,13-14,16H2. The van der Waals surface area contributed by atoms with Gasteiger partial charge in [0.2, 0.25) is 16.0 Å². The highest BCUT2D eigenvalue weighted by Crippen LogP contribution is 2.30. The molecular formula is C24H22ClN5O3S. The summed E-state index contributed by atoms with van der Waals surface area (Å²) in [5.74, 6) is 0.274. The summed E-state index contributed by atoms with van der Waals surface area (Å²) in [6, 6.07) is 13.6. The second-order valence-electron chi connectivity index (χ2n) is 8.14. The number of amides is 1. The number of carbonyl (C=O) groups is 1. The van der Waals surface area contributed by atoms with Crippen LogP contribution >= 0.6 is 11.6 Å². The minimum Gasteiger partial charge on any atom is -0.290 e. The lowest BCUT2D eigenvalue weighted by atomic mass is 10.1. The van der Waals surface area contributed by atoms with Crippen LogP contribution in [0.3, 0.4) is 0 Å². The van der Waals surface area contributed by atoms with Crippen molar-refractivity contribution in [1.82, 2.24) is 14.3 Å². The number of anilines is 1. The van der Waals surface area contributed by atoms with Crippen molar-refractivity contribution >= 4 is 39.3 Å². The zero-order chi connectivity index (χ0) is 23.7. The Morgan fingerprint density at radius 3 is 2.47 bits per heavy atom. The number of hydrogen-bond donors (Lipinski definition) is 0. The lowest BCUT2D eigenvalue weighted by Gasteiger charge is -2.26. The molecule has 1 amide bonds. The first-order chi connectivity index (χ1) is 16.4. The molecule has 2 aromatic carbocycles. The minimum atomic E-state index is -3.81. The van der Waals surface area contributed by atoms with E-state index in [0.717, 1.165) is 30.4 Å². The van der Waals surface area contributed by atoms with Crippen LogP contribution < -0.4 is 4.90 Å². The normalized spacial score (nSPS) is 17.7. The van der Waals surface area contributed by atoms with Crippen LogP contribution in [0, 0.1) is 0 Å². The molecule has 0 spiro atoms. The summed E-state index contributed by atoms with van der Waals surface area (Å²) in [4.78, 5) is 27.9. The van der Waals surface area contributed by atoms with Gasteiger partial charge in [-0.15, -0.1) is 0 Å². The van der Waals surface area contributed by atoms with Crippen molar-refractivity contribution in [3.05, 3.63) is 82.6 Å². The van der Waals surface area contributed by atoms with E-state index < -0.39 is 15.9 Å². The van der Waals surface area contributed by atoms with Gasteiger partial charge in [0, 0.05) is 36.6 Å². The van der Waals surface area contributed by atoms with Crippen LogP contribution in [0.5, 0.6) is 0 Å². The van der Waals surface area contributed by atoms with Gasteiger partial charge in [-0.3, -0.25) is 9.69 Å². The Hall–Kier alpha value is -3.14. The van der Waals surface area contributed by atoms with Gasteiger partial charge in [0.15, 0.2) is 0 Å². The summed E-state index contributed by atoms with van der Waals surface area (Å²) in [5.41, 5.74) is 1.94. The summed E-state index contributed by atoms with van der Waals surface area (Å²) in [5, 5.41) is 0.0836. The van der Waals surface area contributed by atoms with Crippen LogP contribution in [0.4, 0.5) is 5.95 Å². The van der Waals surface area contributed by atoms with Crippen LogP contribution in [-0.4, -0.2) is 47.5 Å². The zero-order valence-corrected chi connectivity index (χ0v) is 19.8. The number of sulfonamides is 1. The van der Waals surface area contributed by atoms with Crippen molar-refractivity contribution in [1.29, 1.82) is 0 Å². The first-order valence-electron chi connectivity index (χ1n) is 11.0. The molecule has 1 fully saturated rings. The van der Waals surface area contributed by atoms with Gasteiger partial charge in [0.25, 0.3) is 5.91 Å². The third kappa shape index (κ3) is 4.22. The summed E-state index contributed by atoms with van der Waals surface area (Å²) >= 11 is 6.27. The Bertz CT molecular complexity index is 1370. The molecule has 174 valence electrons. The van der Waals surface area contributed by atoms with Crippen LogP contribution in [0.25, 0.3) is 0 Å². The predicted molar refractivity (Wildman–Crippen MR) is 130 cm³/mol. The number of halogens is 1. The SMILES string of the molecule is O=C(N=C1c2ccccc2CN1c1ncccn1)c1ccc(Cl)c(S(=O)(=O)N2CCCCC2)c1. The first-order valence-corrected chi connectivity index (χ1v) is 12.8. The number of amidine groups is 1. The third-order valence-electron chi connectivity index (χ3n) is 5.95. The van der Waals surface area contributed by atoms with Crippen molar-refractivity contribution < 1.29 is 13.2 Å². The zero-order valence-electron chi connectivity index (χ0n) is 18.3. The Morgan fingerprint density at radius 1 is 0.971 bits per heavy atom. The summed E-state index contributed by atoms with van der Waals surface area (Å²) in [7, 11) is -3.81. The van der Waals surface area contributed by atoms with Gasteiger partial charge >= 0.3 is 0 Å². The molecule has 0 bridgehead atoms. The van der Waals surface area contributed by atoms with Crippen molar-refractivity contribution in [2.45, 2.75) is 30.7 Å². The Morgan fingerprint density at radius 2 is 1.71 bits per heavy atom. The molecule has 2 aliphatic rings. The van der Waals surface area contributed by atoms with E-state index in [2.05, 4.69) is 15.0 Å². The number of aliphatic imine (C=N–C) groups is 1. The molecule has 0 aliphatic carbocycles. The van der Waals surface area contributed by atoms with E-state index in [1.165, 1.54) is 22.5 Å². The number of rotatable bonds is 4. The van der Waals surface area contributed by atoms with Gasteiger partial charge in [-0.05, 0) is 42.7 Å². The molecule has 3 heterocycles. The molecule has 0 radical (unpaired) electrons. The molecule has 3 aromatic rings. The quantitative estimate of drug-likeness (QED) is 0.544. The molecule has 0 saturated carbocycles. The fourth-order valence-electron chi connectivity index (χ4n) is 4.22. The second-order valence-corrected chi connectivity index (χ2v) is 10.5. The fourth-order valence-corrected chi connectivity index (χ4v) is 6.24. The maximum Gasteiger partial charge on any atom is 0.279 e. The number of piperidine rings is 1. The van der Waals surface area contributed by atoms with E-state index in [0.29, 0.717) is 31.4 Å². The number of fused-ring (bicyclic) bond motifs is 1. The first kappa shape index (κ1) is 22.6. The van der Waals surface area contributed by atoms with Crippen LogP contribution in [0.15, 0.2) is 70.8 Å². The van der Waals surface area contributed by atoms with Gasteiger partial charge in [-0.1, -0.05) is 42.3 Å². The molecule has 10 heteroatoms. The fraction of sp³-hybridized carbons (Fsp3) is 0.250. The molecule has 0 atom stereocenters. The Kier molecular flexibility index (Phi) is 6.16. The van der Waals surface area contributed by atoms with Gasteiger partial charge in [0.05, 0.1) is 11.6 Å². The molecule has 5 rings (SSSR count). The van der Waals surface area contributed by atoms with Crippen molar-refractivity contribution in [2.24, 2.45) is 4.99 Å². The lowest BCUT2D eigenvalue weighted by molar-refractivity contribution is 0.100. The highest BCUT2D eigenvalue weighted by molar-refractivity contribution is 7.89. The molecule has 34 heavy (non-hydrogen) atoms. The maximum absolute atomic E-state index is 13.2. The van der Waals surface area contributed by atoms with Gasteiger partial charge in [-0.25, -0.2) is 18.4 Å². The number of benzene rings is 2. The monoisotopic (exact) mass is 495 g/mol. The molecule has 0 N–H and O–H groups in total. The van der Waals surface area contributed by atoms with Crippen LogP contribution in [-0.2, 0) is 16.6 Å². The van der Waals surface area contributed by atoms with Crippen molar-refractivity contribution in [2.75, 3.05) is 18.0 Å². The summed E-state index contributed by atoms with van der Waals surface area (Å²) in [6.45, 7) is 1.37. The number of hydrogen-bond acceptors (Lipinski definition) is 5. The van der Waals surface area contributed by atoms with Gasteiger partial charge in [0.1, 0.15) is 10.7 Å². The molecule has 8 nitrogen and oxygen atoms in total. The van der Waals surface area contributed by atoms with E-state index in [4.69, 9.17) is 11.6 Å². The maximum atomic E-state index is 13.2. The summed E-state index contributed by atoms with van der Waals surface area (Å²) in [6.07, 6.45) is 5.86. The van der Waals surface area contributed by atoms with Gasteiger partial charge in [-0.2, -0.15) is 9.30 Å². The highest BCUT2D eigenvalue weighted by Gasteiger charge is 2.31. The van der Waals surface area contributed by atoms with Crippen molar-refractivity contribution in [3.8, 4) is 0 Å². The molecular weight excluding hydrogens is 474 g/mol. The van der Waals surface area contributed by atoms with Gasteiger partial charge < -0.3 is 0 Å². The number of aromatic nitrogens is 2. The molecule has 1 aromatic heterocycles. The molecule has 2 aliphatic heterocycles. The topological polar surface area (TPSA) is 95.8 Å². The van der Waals surface area contributed by atoms with E-state index in [1.54, 1.807) is 23.4 Å². The van der Waals surface area contributed by atoms with Crippen LogP contribution in [0.2, 0.25) is 5.02 Å². The average molecular weight is 496 g/mol. The Labute approximate surface area is 203 Å². The molecule has 1 saturated heterocycles. The number of carbonyl (C=O) groups excluding carboxylic acids is 1. The van der Waals surface area contributed by atoms with Crippen molar-refractivity contribution in [3.63, 3.8) is 0 Å². The van der Waals surface area contributed by atoms with E-state index in [9.17, 15) is 13.2 Å². The molecule has 0 unspecified atom stereocenters. The van der Waals surface area contributed by atoms with Crippen LogP contribution in [0.1, 0.15) is 40.7 Å². The Balaban J connectivity index is 1.53. The second kappa shape index (κ2) is 9.25. The smallest absolute Gasteiger partial charge is 0.279 e. The third-order valence-corrected chi connectivity index (χ3v) is 8.33. The summed E-state index contributed by atoms with van der Waals surface area (Å²) < 4.78 is 27.8. The van der Waals surface area contributed by atoms with E-state index >= 15 is 0 Å². The predicted octanol–water partition coefficient (Wildman–Crippen LogP) is 3.91. The number of nitrogens with zero attached hydrogens (tertiary/aromatic N) is 5. The van der Waals surface area contributed by atoms with E-state index in [1.807, 2.05) is 24.3 Å². The highest BCUT2D eigenvalue weighted by atomic mass is 35.5. The largest absolute Gasteiger partial charge is 0.290 e.